The van der Waals surface area contributed by atoms with Crippen LogP contribution in [0.15, 0.2) is 48.5 Å². The van der Waals surface area contributed by atoms with E-state index in [4.69, 9.17) is 0 Å². The molecule has 0 aromatic heterocycles. The number of nitrogens with one attached hydrogen (secondary N) is 2. The molecule has 142 valence electrons. The summed E-state index contributed by atoms with van der Waals surface area (Å²) in [6, 6.07) is 15.2. The molecule has 0 aliphatic carbocycles. The van der Waals surface area contributed by atoms with Gasteiger partial charge >= 0.3 is 0 Å². The van der Waals surface area contributed by atoms with Gasteiger partial charge in [-0.1, -0.05) is 24.6 Å². The van der Waals surface area contributed by atoms with Gasteiger partial charge in [0.1, 0.15) is 0 Å². The number of hydrogen-bond acceptors (Lipinski definition) is 3. The summed E-state index contributed by atoms with van der Waals surface area (Å²) in [5.41, 5.74) is 3.49. The van der Waals surface area contributed by atoms with Crippen LogP contribution in [0.4, 0.5) is 11.4 Å². The molecule has 1 aliphatic rings. The molecular weight excluding hydrogens is 338 g/mol. The first-order valence-corrected chi connectivity index (χ1v) is 9.51. The van der Waals surface area contributed by atoms with E-state index in [1.54, 1.807) is 12.1 Å². The molecule has 27 heavy (non-hydrogen) atoms. The molecule has 2 amide bonds. The molecule has 2 aromatic rings. The number of hydrogen-bond donors (Lipinski definition) is 2. The standard InChI is InChI=1S/C22H27N3O2/c1-16-10-12-25(13-11-16)20-8-6-19(7-9-20)24-21(26)15-23-22(27)18-5-3-4-17(2)14-18/h3-9,14,16H,10-13,15H2,1-2H3,(H,23,27)(H,24,26). The van der Waals surface area contributed by atoms with Crippen LogP contribution in [0.2, 0.25) is 0 Å². The fourth-order valence-corrected chi connectivity index (χ4v) is 3.28. The Labute approximate surface area is 160 Å². The van der Waals surface area contributed by atoms with Crippen LogP contribution < -0.4 is 15.5 Å². The molecular formula is C22H27N3O2. The number of aryl methyl sites for hydroxylation is 1. The summed E-state index contributed by atoms with van der Waals surface area (Å²) in [4.78, 5) is 26.6. The Morgan fingerprint density at radius 2 is 1.78 bits per heavy atom. The van der Waals surface area contributed by atoms with Crippen LogP contribution in [0.1, 0.15) is 35.7 Å². The molecule has 1 fully saturated rings. The Kier molecular flexibility index (Phi) is 6.12. The lowest BCUT2D eigenvalue weighted by molar-refractivity contribution is -0.115. The topological polar surface area (TPSA) is 61.4 Å². The van der Waals surface area contributed by atoms with Crippen LogP contribution in [0.25, 0.3) is 0 Å². The summed E-state index contributed by atoms with van der Waals surface area (Å²) in [6.45, 7) is 6.33. The smallest absolute Gasteiger partial charge is 0.251 e. The third kappa shape index (κ3) is 5.33. The number of carbonyl (C=O) groups is 2. The Balaban J connectivity index is 1.48. The zero-order valence-corrected chi connectivity index (χ0v) is 16.0. The van der Waals surface area contributed by atoms with E-state index in [2.05, 4.69) is 22.5 Å². The van der Waals surface area contributed by atoms with Crippen LogP contribution in [0, 0.1) is 12.8 Å². The second-order valence-electron chi connectivity index (χ2n) is 7.32. The summed E-state index contributed by atoms with van der Waals surface area (Å²) < 4.78 is 0. The van der Waals surface area contributed by atoms with Crippen LogP contribution >= 0.6 is 0 Å². The maximum atomic E-state index is 12.1. The first-order valence-electron chi connectivity index (χ1n) is 9.51. The number of carbonyl (C=O) groups excluding carboxylic acids is 2. The lowest BCUT2D eigenvalue weighted by Gasteiger charge is -2.32. The minimum absolute atomic E-state index is 0.0570. The molecule has 1 saturated heterocycles. The first-order chi connectivity index (χ1) is 13.0. The molecule has 0 saturated carbocycles. The highest BCUT2D eigenvalue weighted by atomic mass is 16.2. The van der Waals surface area contributed by atoms with Gasteiger partial charge in [0.25, 0.3) is 5.91 Å². The molecule has 0 unspecified atom stereocenters. The zero-order chi connectivity index (χ0) is 19.2. The van der Waals surface area contributed by atoms with Gasteiger partial charge in [-0.3, -0.25) is 9.59 Å². The molecule has 1 aliphatic heterocycles. The van der Waals surface area contributed by atoms with Gasteiger partial charge in [-0.25, -0.2) is 0 Å². The van der Waals surface area contributed by atoms with Crippen molar-refractivity contribution < 1.29 is 9.59 Å². The first kappa shape index (κ1) is 19.0. The molecule has 1 heterocycles. The van der Waals surface area contributed by atoms with Crippen molar-refractivity contribution in [2.75, 3.05) is 29.9 Å². The predicted molar refractivity (Wildman–Crippen MR) is 109 cm³/mol. The highest BCUT2D eigenvalue weighted by molar-refractivity contribution is 5.99. The molecule has 2 N–H and O–H groups in total. The van der Waals surface area contributed by atoms with Crippen molar-refractivity contribution in [1.82, 2.24) is 5.32 Å². The predicted octanol–water partition coefficient (Wildman–Crippen LogP) is 3.60. The minimum Gasteiger partial charge on any atom is -0.372 e. The zero-order valence-electron chi connectivity index (χ0n) is 16.0. The maximum Gasteiger partial charge on any atom is 0.251 e. The van der Waals surface area contributed by atoms with Crippen molar-refractivity contribution in [3.05, 3.63) is 59.7 Å². The largest absolute Gasteiger partial charge is 0.372 e. The molecule has 0 spiro atoms. The van der Waals surface area contributed by atoms with Crippen molar-refractivity contribution in [2.45, 2.75) is 26.7 Å². The molecule has 2 aromatic carbocycles. The molecule has 3 rings (SSSR count). The Hall–Kier alpha value is -2.82. The summed E-state index contributed by atoms with van der Waals surface area (Å²) in [5, 5.41) is 5.48. The third-order valence-corrected chi connectivity index (χ3v) is 4.99. The van der Waals surface area contributed by atoms with Gasteiger partial charge in [0.15, 0.2) is 0 Å². The SMILES string of the molecule is Cc1cccc(C(=O)NCC(=O)Nc2ccc(N3CCC(C)CC3)cc2)c1. The molecule has 5 nitrogen and oxygen atoms in total. The summed E-state index contributed by atoms with van der Waals surface area (Å²) in [5.74, 6) is 0.314. The Bertz CT molecular complexity index is 793. The highest BCUT2D eigenvalue weighted by Gasteiger charge is 2.16. The fraction of sp³-hybridized carbons (Fsp3) is 0.364. The van der Waals surface area contributed by atoms with Gasteiger partial charge in [0.2, 0.25) is 5.91 Å². The fourth-order valence-electron chi connectivity index (χ4n) is 3.28. The lowest BCUT2D eigenvalue weighted by atomic mass is 9.99. The summed E-state index contributed by atoms with van der Waals surface area (Å²) >= 11 is 0. The van der Waals surface area contributed by atoms with E-state index in [1.807, 2.05) is 43.3 Å². The van der Waals surface area contributed by atoms with Gasteiger partial charge in [0, 0.05) is 30.0 Å². The second-order valence-corrected chi connectivity index (χ2v) is 7.32. The monoisotopic (exact) mass is 365 g/mol. The second kappa shape index (κ2) is 8.71. The van der Waals surface area contributed by atoms with Crippen LogP contribution in [-0.2, 0) is 4.79 Å². The molecule has 5 heteroatoms. The van der Waals surface area contributed by atoms with Gasteiger partial charge in [-0.05, 0) is 62.1 Å². The quantitative estimate of drug-likeness (QED) is 0.851. The molecule has 0 atom stereocenters. The number of nitrogens with zero attached hydrogens (tertiary/aromatic N) is 1. The van der Waals surface area contributed by atoms with Crippen molar-refractivity contribution in [3.8, 4) is 0 Å². The summed E-state index contributed by atoms with van der Waals surface area (Å²) in [6.07, 6.45) is 2.44. The van der Waals surface area contributed by atoms with Crippen molar-refractivity contribution in [3.63, 3.8) is 0 Å². The van der Waals surface area contributed by atoms with E-state index in [9.17, 15) is 9.59 Å². The number of amides is 2. The minimum atomic E-state index is -0.247. The number of anilines is 2. The Morgan fingerprint density at radius 1 is 1.07 bits per heavy atom. The van der Waals surface area contributed by atoms with Gasteiger partial charge in [-0.2, -0.15) is 0 Å². The van der Waals surface area contributed by atoms with E-state index in [0.717, 1.165) is 30.3 Å². The van der Waals surface area contributed by atoms with E-state index in [-0.39, 0.29) is 18.4 Å². The van der Waals surface area contributed by atoms with Crippen LogP contribution in [-0.4, -0.2) is 31.4 Å². The lowest BCUT2D eigenvalue weighted by Crippen LogP contribution is -2.33. The molecule has 0 bridgehead atoms. The van der Waals surface area contributed by atoms with Crippen molar-refractivity contribution in [1.29, 1.82) is 0 Å². The van der Waals surface area contributed by atoms with Crippen molar-refractivity contribution >= 4 is 23.2 Å². The van der Waals surface area contributed by atoms with Gasteiger partial charge in [0.05, 0.1) is 6.54 Å². The number of piperidine rings is 1. The average molecular weight is 365 g/mol. The highest BCUT2D eigenvalue weighted by Crippen LogP contribution is 2.24. The molecule has 0 radical (unpaired) electrons. The summed E-state index contributed by atoms with van der Waals surface area (Å²) in [7, 11) is 0. The van der Waals surface area contributed by atoms with E-state index in [1.165, 1.54) is 18.5 Å². The van der Waals surface area contributed by atoms with Gasteiger partial charge in [-0.15, -0.1) is 0 Å². The van der Waals surface area contributed by atoms with Crippen LogP contribution in [0.5, 0.6) is 0 Å². The average Bonchev–Trinajstić information content (AvgIpc) is 2.67. The number of rotatable bonds is 5. The van der Waals surface area contributed by atoms with E-state index < -0.39 is 0 Å². The van der Waals surface area contributed by atoms with Crippen LogP contribution in [0.3, 0.4) is 0 Å². The van der Waals surface area contributed by atoms with Crippen molar-refractivity contribution in [2.24, 2.45) is 5.92 Å². The Morgan fingerprint density at radius 3 is 2.44 bits per heavy atom. The van der Waals surface area contributed by atoms with E-state index in [0.29, 0.717) is 5.56 Å². The normalized spacial score (nSPS) is 14.7. The third-order valence-electron chi connectivity index (χ3n) is 4.99. The number of benzene rings is 2. The maximum absolute atomic E-state index is 12.1. The van der Waals surface area contributed by atoms with E-state index >= 15 is 0 Å². The van der Waals surface area contributed by atoms with Gasteiger partial charge < -0.3 is 15.5 Å².